The van der Waals surface area contributed by atoms with Gasteiger partial charge in [0.25, 0.3) is 5.91 Å². The van der Waals surface area contributed by atoms with E-state index in [0.29, 0.717) is 23.9 Å². The van der Waals surface area contributed by atoms with Crippen LogP contribution in [0.4, 0.5) is 5.69 Å². The first kappa shape index (κ1) is 20.7. The summed E-state index contributed by atoms with van der Waals surface area (Å²) >= 11 is 5.54. The lowest BCUT2D eigenvalue weighted by atomic mass is 10.1. The molecule has 0 aliphatic carbocycles. The Bertz CT molecular complexity index is 896. The first-order valence-corrected chi connectivity index (χ1v) is 10.1. The molecule has 1 saturated heterocycles. The second-order valence-corrected chi connectivity index (χ2v) is 7.28. The quantitative estimate of drug-likeness (QED) is 0.433. The van der Waals surface area contributed by atoms with Crippen molar-refractivity contribution in [1.29, 1.82) is 0 Å². The third kappa shape index (κ3) is 4.71. The molecule has 5 nitrogen and oxygen atoms in total. The minimum atomic E-state index is -0.637. The minimum absolute atomic E-state index is 0.0926. The van der Waals surface area contributed by atoms with Crippen molar-refractivity contribution in [3.63, 3.8) is 0 Å². The van der Waals surface area contributed by atoms with Gasteiger partial charge >= 0.3 is 0 Å². The Morgan fingerprint density at radius 2 is 1.86 bits per heavy atom. The van der Waals surface area contributed by atoms with Gasteiger partial charge in [-0.3, -0.25) is 9.59 Å². The lowest BCUT2D eigenvalue weighted by Gasteiger charge is -2.29. The molecule has 0 unspecified atom stereocenters. The van der Waals surface area contributed by atoms with Crippen molar-refractivity contribution < 1.29 is 9.59 Å². The highest BCUT2D eigenvalue weighted by Gasteiger charge is 2.43. The van der Waals surface area contributed by atoms with Crippen LogP contribution in [0.5, 0.6) is 0 Å². The molecule has 0 bridgehead atoms. The van der Waals surface area contributed by atoms with Gasteiger partial charge in [-0.05, 0) is 41.9 Å². The van der Waals surface area contributed by atoms with Crippen molar-refractivity contribution in [2.75, 3.05) is 11.4 Å². The van der Waals surface area contributed by atoms with Crippen molar-refractivity contribution >= 4 is 34.8 Å². The SMILES string of the molecule is C=CCN(C(=S)NCc1ccccc1)[C@H]1CC(=O)N(c2ccc(CC)cc2)C1=O. The average molecular weight is 408 g/mol. The van der Waals surface area contributed by atoms with Crippen LogP contribution in [0.3, 0.4) is 0 Å². The van der Waals surface area contributed by atoms with E-state index in [1.807, 2.05) is 54.6 Å². The summed E-state index contributed by atoms with van der Waals surface area (Å²) in [5, 5.41) is 3.63. The zero-order chi connectivity index (χ0) is 20.8. The predicted molar refractivity (Wildman–Crippen MR) is 120 cm³/mol. The van der Waals surface area contributed by atoms with E-state index in [0.717, 1.165) is 17.5 Å². The fourth-order valence-corrected chi connectivity index (χ4v) is 3.65. The highest BCUT2D eigenvalue weighted by Crippen LogP contribution is 2.26. The lowest BCUT2D eigenvalue weighted by molar-refractivity contribution is -0.122. The largest absolute Gasteiger partial charge is 0.358 e. The number of nitrogens with zero attached hydrogens (tertiary/aromatic N) is 2. The number of aryl methyl sites for hydroxylation is 1. The minimum Gasteiger partial charge on any atom is -0.358 e. The molecule has 2 aromatic rings. The zero-order valence-electron chi connectivity index (χ0n) is 16.5. The van der Waals surface area contributed by atoms with E-state index in [4.69, 9.17) is 12.2 Å². The monoisotopic (exact) mass is 407 g/mol. The van der Waals surface area contributed by atoms with Gasteiger partial charge in [-0.25, -0.2) is 4.90 Å². The Balaban J connectivity index is 1.74. The number of benzene rings is 2. The van der Waals surface area contributed by atoms with Crippen LogP contribution in [0.1, 0.15) is 24.5 Å². The summed E-state index contributed by atoms with van der Waals surface area (Å²) in [6.45, 7) is 6.77. The number of rotatable bonds is 7. The topological polar surface area (TPSA) is 52.7 Å². The summed E-state index contributed by atoms with van der Waals surface area (Å²) in [4.78, 5) is 28.8. The number of imide groups is 1. The van der Waals surface area contributed by atoms with Crippen LogP contribution in [-0.2, 0) is 22.6 Å². The van der Waals surface area contributed by atoms with Gasteiger partial charge in [-0.1, -0.05) is 55.5 Å². The van der Waals surface area contributed by atoms with Crippen LogP contribution in [0.25, 0.3) is 0 Å². The molecule has 6 heteroatoms. The van der Waals surface area contributed by atoms with Crippen LogP contribution in [0, 0.1) is 0 Å². The molecule has 2 aromatic carbocycles. The van der Waals surface area contributed by atoms with Crippen LogP contribution in [0.15, 0.2) is 67.3 Å². The molecular formula is C23H25N3O2S. The molecule has 0 saturated carbocycles. The highest BCUT2D eigenvalue weighted by molar-refractivity contribution is 7.80. The lowest BCUT2D eigenvalue weighted by Crippen LogP contribution is -2.49. The maximum atomic E-state index is 13.1. The average Bonchev–Trinajstić information content (AvgIpc) is 3.04. The van der Waals surface area contributed by atoms with Gasteiger partial charge in [0, 0.05) is 13.1 Å². The van der Waals surface area contributed by atoms with E-state index in [9.17, 15) is 9.59 Å². The fourth-order valence-electron chi connectivity index (χ4n) is 3.38. The van der Waals surface area contributed by atoms with Crippen molar-refractivity contribution in [3.8, 4) is 0 Å². The third-order valence-electron chi connectivity index (χ3n) is 4.98. The number of thiocarbonyl (C=S) groups is 1. The van der Waals surface area contributed by atoms with Crippen LogP contribution in [-0.4, -0.2) is 34.4 Å². The number of amides is 2. The van der Waals surface area contributed by atoms with Crippen molar-refractivity contribution in [1.82, 2.24) is 10.2 Å². The molecule has 1 fully saturated rings. The van der Waals surface area contributed by atoms with Crippen LogP contribution in [0.2, 0.25) is 0 Å². The van der Waals surface area contributed by atoms with Gasteiger partial charge < -0.3 is 10.2 Å². The first-order valence-electron chi connectivity index (χ1n) is 9.70. The highest BCUT2D eigenvalue weighted by atomic mass is 32.1. The maximum absolute atomic E-state index is 13.1. The van der Waals surface area contributed by atoms with Crippen molar-refractivity contribution in [3.05, 3.63) is 78.4 Å². The number of carbonyl (C=O) groups is 2. The van der Waals surface area contributed by atoms with Gasteiger partial charge in [-0.2, -0.15) is 0 Å². The molecule has 3 rings (SSSR count). The number of anilines is 1. The summed E-state index contributed by atoms with van der Waals surface area (Å²) < 4.78 is 0. The Hall–Kier alpha value is -2.99. The van der Waals surface area contributed by atoms with E-state index in [2.05, 4.69) is 18.8 Å². The molecule has 1 heterocycles. The number of hydrogen-bond acceptors (Lipinski definition) is 3. The molecule has 1 N–H and O–H groups in total. The summed E-state index contributed by atoms with van der Waals surface area (Å²) in [5.41, 5.74) is 2.84. The zero-order valence-corrected chi connectivity index (χ0v) is 17.3. The Labute approximate surface area is 177 Å². The first-order chi connectivity index (χ1) is 14.0. The van der Waals surface area contributed by atoms with Crippen LogP contribution >= 0.6 is 12.2 Å². The Kier molecular flexibility index (Phi) is 6.77. The Morgan fingerprint density at radius 3 is 2.48 bits per heavy atom. The van der Waals surface area contributed by atoms with Crippen molar-refractivity contribution in [2.24, 2.45) is 0 Å². The molecule has 0 spiro atoms. The summed E-state index contributed by atoms with van der Waals surface area (Å²) in [6, 6.07) is 16.8. The van der Waals surface area contributed by atoms with E-state index >= 15 is 0 Å². The van der Waals surface area contributed by atoms with Crippen LogP contribution < -0.4 is 10.2 Å². The molecule has 1 aliphatic rings. The summed E-state index contributed by atoms with van der Waals surface area (Å²) in [5.74, 6) is -0.478. The molecule has 2 amide bonds. The normalized spacial score (nSPS) is 16.0. The van der Waals surface area contributed by atoms with Gasteiger partial charge in [-0.15, -0.1) is 6.58 Å². The molecule has 29 heavy (non-hydrogen) atoms. The molecule has 0 radical (unpaired) electrons. The van der Waals surface area contributed by atoms with Gasteiger partial charge in [0.05, 0.1) is 12.1 Å². The van der Waals surface area contributed by atoms with E-state index in [1.54, 1.807) is 11.0 Å². The number of hydrogen-bond donors (Lipinski definition) is 1. The van der Waals surface area contributed by atoms with E-state index in [1.165, 1.54) is 4.90 Å². The van der Waals surface area contributed by atoms with Gasteiger partial charge in [0.2, 0.25) is 5.91 Å². The van der Waals surface area contributed by atoms with Crippen molar-refractivity contribution in [2.45, 2.75) is 32.4 Å². The summed E-state index contributed by atoms with van der Waals surface area (Å²) in [7, 11) is 0. The smallest absolute Gasteiger partial charge is 0.257 e. The number of nitrogens with one attached hydrogen (secondary N) is 1. The predicted octanol–water partition coefficient (Wildman–Crippen LogP) is 3.44. The standard InChI is InChI=1S/C23H25N3O2S/c1-3-14-25(23(29)24-16-18-8-6-5-7-9-18)20-15-21(27)26(22(20)28)19-12-10-17(4-2)11-13-19/h3,5-13,20H,1,4,14-16H2,2H3,(H,24,29)/t20-/m0/s1. The fraction of sp³-hybridized carbons (Fsp3) is 0.261. The van der Waals surface area contributed by atoms with E-state index in [-0.39, 0.29) is 18.2 Å². The second kappa shape index (κ2) is 9.47. The maximum Gasteiger partial charge on any atom is 0.257 e. The van der Waals surface area contributed by atoms with Gasteiger partial charge in [0.15, 0.2) is 5.11 Å². The molecule has 1 aliphatic heterocycles. The van der Waals surface area contributed by atoms with Gasteiger partial charge in [0.1, 0.15) is 6.04 Å². The number of carbonyl (C=O) groups excluding carboxylic acids is 2. The third-order valence-corrected chi connectivity index (χ3v) is 5.35. The van der Waals surface area contributed by atoms with E-state index < -0.39 is 6.04 Å². The molecular weight excluding hydrogens is 382 g/mol. The summed E-state index contributed by atoms with van der Waals surface area (Å²) in [6.07, 6.45) is 2.68. The Morgan fingerprint density at radius 1 is 1.17 bits per heavy atom. The molecule has 0 aromatic heterocycles. The second-order valence-electron chi connectivity index (χ2n) is 6.89. The molecule has 1 atom stereocenters. The molecule has 150 valence electrons.